The number of anilines is 2. The van der Waals surface area contributed by atoms with Crippen LogP contribution in [0.2, 0.25) is 0 Å². The number of amides is 1. The smallest absolute Gasteiger partial charge is 0.224 e. The maximum Gasteiger partial charge on any atom is 0.224 e. The predicted octanol–water partition coefficient (Wildman–Crippen LogP) is 3.46. The van der Waals surface area contributed by atoms with E-state index in [1.165, 1.54) is 0 Å². The van der Waals surface area contributed by atoms with Gasteiger partial charge in [-0.15, -0.1) is 0 Å². The molecule has 0 bridgehead atoms. The average Bonchev–Trinajstić information content (AvgIpc) is 2.44. The normalized spacial score (nSPS) is 10.3. The molecule has 1 amide bonds. The molecule has 20 heavy (non-hydrogen) atoms. The molecule has 0 saturated carbocycles. The van der Waals surface area contributed by atoms with Gasteiger partial charge in [-0.05, 0) is 49.1 Å². The van der Waals surface area contributed by atoms with Gasteiger partial charge < -0.3 is 11.1 Å². The summed E-state index contributed by atoms with van der Waals surface area (Å²) in [4.78, 5) is 12.0. The molecule has 0 aromatic heterocycles. The number of nitrogen functional groups attached to an aromatic ring is 1. The third kappa shape index (κ3) is 3.60. The Labute approximate surface area is 119 Å². The van der Waals surface area contributed by atoms with Crippen LogP contribution in [0.5, 0.6) is 0 Å². The van der Waals surface area contributed by atoms with Crippen LogP contribution in [-0.4, -0.2) is 5.91 Å². The first-order valence-electron chi connectivity index (χ1n) is 6.77. The minimum absolute atomic E-state index is 0.0104. The average molecular weight is 268 g/mol. The summed E-state index contributed by atoms with van der Waals surface area (Å²) in [6.07, 6.45) is 1.19. The van der Waals surface area contributed by atoms with Crippen LogP contribution in [0.3, 0.4) is 0 Å². The molecule has 0 aliphatic rings. The minimum Gasteiger partial charge on any atom is -0.397 e. The van der Waals surface area contributed by atoms with Gasteiger partial charge in [0.05, 0.1) is 11.4 Å². The second-order valence-corrected chi connectivity index (χ2v) is 5.06. The Morgan fingerprint density at radius 2 is 1.75 bits per heavy atom. The molecule has 2 aromatic carbocycles. The lowest BCUT2D eigenvalue weighted by Crippen LogP contribution is -2.14. The Hall–Kier alpha value is -2.29. The van der Waals surface area contributed by atoms with E-state index in [2.05, 4.69) is 5.32 Å². The van der Waals surface area contributed by atoms with Crippen LogP contribution in [-0.2, 0) is 11.2 Å². The molecule has 3 nitrogen and oxygen atoms in total. The second-order valence-electron chi connectivity index (χ2n) is 5.06. The zero-order chi connectivity index (χ0) is 14.5. The highest BCUT2D eigenvalue weighted by molar-refractivity contribution is 5.94. The largest absolute Gasteiger partial charge is 0.397 e. The van der Waals surface area contributed by atoms with Crippen molar-refractivity contribution in [1.82, 2.24) is 0 Å². The quantitative estimate of drug-likeness (QED) is 0.834. The molecule has 0 heterocycles. The van der Waals surface area contributed by atoms with Crippen molar-refractivity contribution in [3.63, 3.8) is 0 Å². The van der Waals surface area contributed by atoms with Gasteiger partial charge in [0, 0.05) is 6.42 Å². The summed E-state index contributed by atoms with van der Waals surface area (Å²) >= 11 is 0. The van der Waals surface area contributed by atoms with Crippen molar-refractivity contribution in [2.45, 2.75) is 26.7 Å². The molecule has 2 aromatic rings. The van der Waals surface area contributed by atoms with E-state index >= 15 is 0 Å². The number of aryl methyl sites for hydroxylation is 3. The first kappa shape index (κ1) is 14.1. The van der Waals surface area contributed by atoms with Gasteiger partial charge in [0.25, 0.3) is 0 Å². The number of nitrogens with one attached hydrogen (secondary N) is 1. The third-order valence-electron chi connectivity index (χ3n) is 3.42. The van der Waals surface area contributed by atoms with Gasteiger partial charge >= 0.3 is 0 Å². The molecule has 0 radical (unpaired) electrons. The zero-order valence-corrected chi connectivity index (χ0v) is 11.9. The number of rotatable bonds is 4. The first-order chi connectivity index (χ1) is 9.56. The summed E-state index contributed by atoms with van der Waals surface area (Å²) < 4.78 is 0. The maximum absolute atomic E-state index is 12.0. The number of carbonyl (C=O) groups excluding carboxylic acids is 1. The summed E-state index contributed by atoms with van der Waals surface area (Å²) in [6.45, 7) is 4.01. The van der Waals surface area contributed by atoms with Crippen molar-refractivity contribution >= 4 is 17.3 Å². The number of hydrogen-bond acceptors (Lipinski definition) is 2. The van der Waals surface area contributed by atoms with Gasteiger partial charge in [-0.1, -0.05) is 30.3 Å². The molecule has 0 saturated heterocycles. The van der Waals surface area contributed by atoms with Gasteiger partial charge in [-0.2, -0.15) is 0 Å². The van der Waals surface area contributed by atoms with E-state index in [1.807, 2.05) is 56.3 Å². The van der Waals surface area contributed by atoms with Gasteiger partial charge in [0.15, 0.2) is 0 Å². The van der Waals surface area contributed by atoms with Gasteiger partial charge in [0.2, 0.25) is 5.91 Å². The Kier molecular flexibility index (Phi) is 4.41. The monoisotopic (exact) mass is 268 g/mol. The van der Waals surface area contributed by atoms with E-state index in [0.29, 0.717) is 17.8 Å². The standard InChI is InChI=1S/C17H20N2O/c1-12-10-15(18)16(11-13(12)2)19-17(20)9-8-14-6-4-3-5-7-14/h3-7,10-11H,8-9,18H2,1-2H3,(H,19,20). The lowest BCUT2D eigenvalue weighted by Gasteiger charge is -2.11. The number of carbonyl (C=O) groups is 1. The highest BCUT2D eigenvalue weighted by Crippen LogP contribution is 2.23. The fourth-order valence-electron chi connectivity index (χ4n) is 2.06. The van der Waals surface area contributed by atoms with E-state index in [1.54, 1.807) is 0 Å². The highest BCUT2D eigenvalue weighted by Gasteiger charge is 2.07. The van der Waals surface area contributed by atoms with Crippen molar-refractivity contribution in [3.05, 3.63) is 59.2 Å². The molecule has 3 N–H and O–H groups in total. The summed E-state index contributed by atoms with van der Waals surface area (Å²) in [5.41, 5.74) is 10.7. The lowest BCUT2D eigenvalue weighted by atomic mass is 10.1. The maximum atomic E-state index is 12.0. The molecule has 2 rings (SSSR count). The van der Waals surface area contributed by atoms with E-state index < -0.39 is 0 Å². The van der Waals surface area contributed by atoms with Gasteiger partial charge in [0.1, 0.15) is 0 Å². The van der Waals surface area contributed by atoms with Crippen LogP contribution in [0.25, 0.3) is 0 Å². The van der Waals surface area contributed by atoms with E-state index in [-0.39, 0.29) is 5.91 Å². The van der Waals surface area contributed by atoms with E-state index in [9.17, 15) is 4.79 Å². The molecular formula is C17H20N2O. The van der Waals surface area contributed by atoms with E-state index in [0.717, 1.165) is 23.1 Å². The van der Waals surface area contributed by atoms with Crippen molar-refractivity contribution in [2.24, 2.45) is 0 Å². The molecule has 0 spiro atoms. The molecule has 104 valence electrons. The van der Waals surface area contributed by atoms with Crippen molar-refractivity contribution in [3.8, 4) is 0 Å². The SMILES string of the molecule is Cc1cc(N)c(NC(=O)CCc2ccccc2)cc1C. The van der Waals surface area contributed by atoms with E-state index in [4.69, 9.17) is 5.73 Å². The highest BCUT2D eigenvalue weighted by atomic mass is 16.1. The molecular weight excluding hydrogens is 248 g/mol. The minimum atomic E-state index is -0.0104. The van der Waals surface area contributed by atoms with Crippen molar-refractivity contribution in [2.75, 3.05) is 11.1 Å². The topological polar surface area (TPSA) is 55.1 Å². The fraction of sp³-hybridized carbons (Fsp3) is 0.235. The van der Waals surface area contributed by atoms with Crippen LogP contribution in [0.4, 0.5) is 11.4 Å². The third-order valence-corrected chi connectivity index (χ3v) is 3.42. The number of hydrogen-bond donors (Lipinski definition) is 2. The van der Waals surface area contributed by atoms with Crippen LogP contribution >= 0.6 is 0 Å². The van der Waals surface area contributed by atoms with Crippen LogP contribution in [0.1, 0.15) is 23.1 Å². The summed E-state index contributed by atoms with van der Waals surface area (Å²) in [6, 6.07) is 13.8. The van der Waals surface area contributed by atoms with Gasteiger partial charge in [-0.25, -0.2) is 0 Å². The lowest BCUT2D eigenvalue weighted by molar-refractivity contribution is -0.116. The molecule has 0 fully saturated rings. The van der Waals surface area contributed by atoms with Crippen LogP contribution < -0.4 is 11.1 Å². The Bertz CT molecular complexity index is 606. The van der Waals surface area contributed by atoms with Crippen LogP contribution in [0.15, 0.2) is 42.5 Å². The Morgan fingerprint density at radius 1 is 1.10 bits per heavy atom. The molecule has 0 atom stereocenters. The van der Waals surface area contributed by atoms with Gasteiger partial charge in [-0.3, -0.25) is 4.79 Å². The van der Waals surface area contributed by atoms with Crippen molar-refractivity contribution < 1.29 is 4.79 Å². The summed E-state index contributed by atoms with van der Waals surface area (Å²) in [5.74, 6) is -0.0104. The predicted molar refractivity (Wildman–Crippen MR) is 83.7 cm³/mol. The Balaban J connectivity index is 1.97. The molecule has 0 unspecified atom stereocenters. The molecule has 0 aliphatic carbocycles. The van der Waals surface area contributed by atoms with Crippen LogP contribution in [0, 0.1) is 13.8 Å². The Morgan fingerprint density at radius 3 is 2.45 bits per heavy atom. The molecule has 3 heteroatoms. The number of benzene rings is 2. The summed E-state index contributed by atoms with van der Waals surface area (Å²) in [7, 11) is 0. The van der Waals surface area contributed by atoms with Crippen molar-refractivity contribution in [1.29, 1.82) is 0 Å². The zero-order valence-electron chi connectivity index (χ0n) is 11.9. The second kappa shape index (κ2) is 6.24. The summed E-state index contributed by atoms with van der Waals surface area (Å²) in [5, 5.41) is 2.88. The molecule has 0 aliphatic heterocycles. The fourth-order valence-corrected chi connectivity index (χ4v) is 2.06. The number of nitrogens with two attached hydrogens (primary N) is 1. The first-order valence-corrected chi connectivity index (χ1v) is 6.77.